The van der Waals surface area contributed by atoms with Gasteiger partial charge in [0, 0.05) is 17.2 Å². The molecule has 124 valence electrons. The Morgan fingerprint density at radius 1 is 1.08 bits per heavy atom. The zero-order chi connectivity index (χ0) is 17.3. The highest BCUT2D eigenvalue weighted by Gasteiger charge is 2.17. The van der Waals surface area contributed by atoms with Crippen LogP contribution in [0.25, 0.3) is 11.0 Å². The Hall–Kier alpha value is -2.60. The van der Waals surface area contributed by atoms with E-state index in [0.717, 1.165) is 17.2 Å². The number of rotatable bonds is 4. The standard InChI is InChI=1S/C18H17NO4S/c1-12(17-11-13-6-3-4-9-16(13)23-17)19-18(20)14-7-5-8-15(10-14)24(2,21)22/h3-12H,1-2H3,(H,19,20)/t12-/m0/s1. The Morgan fingerprint density at radius 2 is 1.83 bits per heavy atom. The lowest BCUT2D eigenvalue weighted by molar-refractivity contribution is 0.0935. The van der Waals surface area contributed by atoms with Gasteiger partial charge in [0.15, 0.2) is 9.84 Å². The van der Waals surface area contributed by atoms with Crippen LogP contribution < -0.4 is 5.32 Å². The molecule has 0 fully saturated rings. The van der Waals surface area contributed by atoms with Gasteiger partial charge in [-0.25, -0.2) is 8.42 Å². The van der Waals surface area contributed by atoms with Crippen LogP contribution in [0.5, 0.6) is 0 Å². The van der Waals surface area contributed by atoms with Crippen molar-refractivity contribution in [1.82, 2.24) is 5.32 Å². The van der Waals surface area contributed by atoms with Crippen LogP contribution in [0, 0.1) is 0 Å². The lowest BCUT2D eigenvalue weighted by Crippen LogP contribution is -2.26. The molecule has 24 heavy (non-hydrogen) atoms. The smallest absolute Gasteiger partial charge is 0.251 e. The summed E-state index contributed by atoms with van der Waals surface area (Å²) in [5.74, 6) is 0.289. The van der Waals surface area contributed by atoms with E-state index in [0.29, 0.717) is 11.3 Å². The van der Waals surface area contributed by atoms with Crippen LogP contribution >= 0.6 is 0 Å². The van der Waals surface area contributed by atoms with E-state index in [-0.39, 0.29) is 16.8 Å². The van der Waals surface area contributed by atoms with E-state index in [4.69, 9.17) is 4.42 Å². The molecule has 1 amide bonds. The Labute approximate surface area is 140 Å². The number of fused-ring (bicyclic) bond motifs is 1. The van der Waals surface area contributed by atoms with E-state index in [2.05, 4.69) is 5.32 Å². The largest absolute Gasteiger partial charge is 0.459 e. The summed E-state index contributed by atoms with van der Waals surface area (Å²) < 4.78 is 28.9. The van der Waals surface area contributed by atoms with Crippen molar-refractivity contribution in [3.8, 4) is 0 Å². The lowest BCUT2D eigenvalue weighted by Gasteiger charge is -2.12. The second kappa shape index (κ2) is 6.13. The number of furan rings is 1. The summed E-state index contributed by atoms with van der Waals surface area (Å²) in [6.45, 7) is 1.82. The van der Waals surface area contributed by atoms with Gasteiger partial charge in [-0.1, -0.05) is 24.3 Å². The van der Waals surface area contributed by atoms with Crippen LogP contribution in [0.2, 0.25) is 0 Å². The van der Waals surface area contributed by atoms with Crippen molar-refractivity contribution in [2.45, 2.75) is 17.9 Å². The van der Waals surface area contributed by atoms with Crippen LogP contribution in [-0.4, -0.2) is 20.6 Å². The summed E-state index contributed by atoms with van der Waals surface area (Å²) in [4.78, 5) is 12.5. The van der Waals surface area contributed by atoms with Crippen molar-refractivity contribution in [2.24, 2.45) is 0 Å². The third-order valence-corrected chi connectivity index (χ3v) is 4.85. The first kappa shape index (κ1) is 16.3. The molecule has 0 aliphatic carbocycles. The molecular weight excluding hydrogens is 326 g/mol. The van der Waals surface area contributed by atoms with Gasteiger partial charge in [-0.15, -0.1) is 0 Å². The van der Waals surface area contributed by atoms with E-state index in [9.17, 15) is 13.2 Å². The summed E-state index contributed by atoms with van der Waals surface area (Å²) in [5.41, 5.74) is 1.05. The number of hydrogen-bond acceptors (Lipinski definition) is 4. The first-order valence-corrected chi connectivity index (χ1v) is 9.33. The van der Waals surface area contributed by atoms with Crippen molar-refractivity contribution in [3.05, 3.63) is 65.9 Å². The second-order valence-corrected chi connectivity index (χ2v) is 7.70. The predicted molar refractivity (Wildman–Crippen MR) is 91.6 cm³/mol. The van der Waals surface area contributed by atoms with Gasteiger partial charge in [0.05, 0.1) is 10.9 Å². The molecule has 1 aromatic heterocycles. The van der Waals surface area contributed by atoms with Crippen LogP contribution in [-0.2, 0) is 9.84 Å². The molecule has 1 heterocycles. The van der Waals surface area contributed by atoms with E-state index < -0.39 is 9.84 Å². The molecule has 6 heteroatoms. The van der Waals surface area contributed by atoms with E-state index in [1.165, 1.54) is 12.1 Å². The zero-order valence-corrected chi connectivity index (χ0v) is 14.1. The predicted octanol–water partition coefficient (Wildman–Crippen LogP) is 3.33. The molecule has 0 bridgehead atoms. The molecule has 0 unspecified atom stereocenters. The maximum atomic E-state index is 12.4. The number of amides is 1. The molecule has 0 aliphatic rings. The normalized spacial score (nSPS) is 12.9. The Balaban J connectivity index is 1.81. The summed E-state index contributed by atoms with van der Waals surface area (Å²) in [6, 6.07) is 15.1. The summed E-state index contributed by atoms with van der Waals surface area (Å²) in [5, 5.41) is 3.79. The van der Waals surface area contributed by atoms with Crippen molar-refractivity contribution in [1.29, 1.82) is 0 Å². The fraction of sp³-hybridized carbons (Fsp3) is 0.167. The first-order valence-electron chi connectivity index (χ1n) is 7.44. The Kier molecular flexibility index (Phi) is 4.15. The topological polar surface area (TPSA) is 76.4 Å². The molecule has 0 saturated carbocycles. The van der Waals surface area contributed by atoms with Gasteiger partial charge in [0.2, 0.25) is 0 Å². The molecule has 1 N–H and O–H groups in total. The Bertz CT molecular complexity index is 972. The van der Waals surface area contributed by atoms with Gasteiger partial charge in [-0.2, -0.15) is 0 Å². The van der Waals surface area contributed by atoms with Gasteiger partial charge in [0.1, 0.15) is 11.3 Å². The molecule has 0 aliphatic heterocycles. The number of benzene rings is 2. The molecule has 3 rings (SSSR count). The maximum Gasteiger partial charge on any atom is 0.251 e. The van der Waals surface area contributed by atoms with Crippen molar-refractivity contribution >= 4 is 26.7 Å². The van der Waals surface area contributed by atoms with Crippen LogP contribution in [0.4, 0.5) is 0 Å². The molecule has 0 saturated heterocycles. The summed E-state index contributed by atoms with van der Waals surface area (Å²) >= 11 is 0. The SMILES string of the molecule is C[C@H](NC(=O)c1cccc(S(C)(=O)=O)c1)c1cc2ccccc2o1. The molecule has 2 aromatic carbocycles. The Morgan fingerprint density at radius 3 is 2.54 bits per heavy atom. The fourth-order valence-corrected chi connectivity index (χ4v) is 3.10. The summed E-state index contributed by atoms with van der Waals surface area (Å²) in [6.07, 6.45) is 1.11. The second-order valence-electron chi connectivity index (χ2n) is 5.68. The zero-order valence-electron chi connectivity index (χ0n) is 13.3. The molecule has 0 spiro atoms. The molecule has 5 nitrogen and oxygen atoms in total. The molecule has 0 radical (unpaired) electrons. The number of hydrogen-bond donors (Lipinski definition) is 1. The van der Waals surface area contributed by atoms with Gasteiger partial charge >= 0.3 is 0 Å². The number of para-hydroxylation sites is 1. The number of nitrogens with one attached hydrogen (secondary N) is 1. The molecular formula is C18H17NO4S. The number of carbonyl (C=O) groups is 1. The summed E-state index contributed by atoms with van der Waals surface area (Å²) in [7, 11) is -3.36. The fourth-order valence-electron chi connectivity index (χ4n) is 2.43. The number of sulfone groups is 1. The van der Waals surface area contributed by atoms with Crippen molar-refractivity contribution in [2.75, 3.05) is 6.26 Å². The van der Waals surface area contributed by atoms with Crippen LogP contribution in [0.3, 0.4) is 0 Å². The number of carbonyl (C=O) groups excluding carboxylic acids is 1. The minimum absolute atomic E-state index is 0.117. The monoisotopic (exact) mass is 343 g/mol. The average molecular weight is 343 g/mol. The van der Waals surface area contributed by atoms with Crippen molar-refractivity contribution < 1.29 is 17.6 Å². The highest BCUT2D eigenvalue weighted by molar-refractivity contribution is 7.90. The molecule has 3 aromatic rings. The third kappa shape index (κ3) is 3.33. The van der Waals surface area contributed by atoms with Gasteiger partial charge < -0.3 is 9.73 Å². The van der Waals surface area contributed by atoms with Gasteiger partial charge in [-0.3, -0.25) is 4.79 Å². The van der Waals surface area contributed by atoms with Gasteiger partial charge in [0.25, 0.3) is 5.91 Å². The first-order chi connectivity index (χ1) is 11.3. The van der Waals surface area contributed by atoms with E-state index in [1.54, 1.807) is 12.1 Å². The minimum Gasteiger partial charge on any atom is -0.459 e. The maximum absolute atomic E-state index is 12.4. The van der Waals surface area contributed by atoms with Crippen LogP contribution in [0.1, 0.15) is 29.1 Å². The quantitative estimate of drug-likeness (QED) is 0.788. The van der Waals surface area contributed by atoms with Gasteiger partial charge in [-0.05, 0) is 37.3 Å². The third-order valence-electron chi connectivity index (χ3n) is 3.74. The average Bonchev–Trinajstić information content (AvgIpc) is 2.98. The minimum atomic E-state index is -3.36. The van der Waals surface area contributed by atoms with E-state index in [1.807, 2.05) is 37.3 Å². The van der Waals surface area contributed by atoms with E-state index >= 15 is 0 Å². The van der Waals surface area contributed by atoms with Crippen LogP contribution in [0.15, 0.2) is 63.9 Å². The van der Waals surface area contributed by atoms with Crippen molar-refractivity contribution in [3.63, 3.8) is 0 Å². The lowest BCUT2D eigenvalue weighted by atomic mass is 10.1. The highest BCUT2D eigenvalue weighted by Crippen LogP contribution is 2.24. The molecule has 1 atom stereocenters. The highest BCUT2D eigenvalue weighted by atomic mass is 32.2.